The Bertz CT molecular complexity index is 2560. The Balaban J connectivity index is 1.34. The van der Waals surface area contributed by atoms with E-state index in [4.69, 9.17) is 6.57 Å². The Labute approximate surface area is 291 Å². The van der Waals surface area contributed by atoms with E-state index >= 15 is 0 Å². The predicted molar refractivity (Wildman–Crippen MR) is 206 cm³/mol. The zero-order valence-corrected chi connectivity index (χ0v) is 28.0. The van der Waals surface area contributed by atoms with Gasteiger partial charge in [-0.3, -0.25) is 0 Å². The van der Waals surface area contributed by atoms with Gasteiger partial charge in [-0.1, -0.05) is 115 Å². The monoisotopic (exact) mass is 652 g/mol. The van der Waals surface area contributed by atoms with Gasteiger partial charge in [0.2, 0.25) is 0 Å². The van der Waals surface area contributed by atoms with Gasteiger partial charge in [-0.05, 0) is 91.9 Å². The molecule has 0 atom stereocenters. The molecule has 7 aromatic carbocycles. The Morgan fingerprint density at radius 1 is 0.480 bits per heavy atom. The third-order valence-corrected chi connectivity index (χ3v) is 14.4. The molecule has 0 aliphatic heterocycles. The standard InChI is InChI=1S/C45H28N4Si/c1-48-36-21-25-45-43(29-36)42-26-33(31-47)20-24-44(42)49(45)37-12-8-10-34(27-37)35-11-9-17-41(28-35)50(38-13-4-2-5-14-38,39-15-6-3-7-16-39)40-22-18-32(30-46)19-23-40/h2-29H. The van der Waals surface area contributed by atoms with E-state index in [1.165, 1.54) is 20.7 Å². The van der Waals surface area contributed by atoms with Crippen molar-refractivity contribution in [3.8, 4) is 29.0 Å². The Kier molecular flexibility index (Phi) is 7.63. The van der Waals surface area contributed by atoms with Gasteiger partial charge < -0.3 is 4.57 Å². The van der Waals surface area contributed by atoms with Gasteiger partial charge in [0.15, 0.2) is 13.8 Å². The maximum Gasteiger partial charge on any atom is 0.188 e. The lowest BCUT2D eigenvalue weighted by Crippen LogP contribution is -2.74. The van der Waals surface area contributed by atoms with Crippen LogP contribution in [0.1, 0.15) is 11.1 Å². The number of hydrogen-bond donors (Lipinski definition) is 0. The van der Waals surface area contributed by atoms with Crippen LogP contribution in [-0.2, 0) is 0 Å². The molecular formula is C45H28N4Si. The second-order valence-corrected chi connectivity index (χ2v) is 16.1. The van der Waals surface area contributed by atoms with Crippen molar-refractivity contribution in [2.75, 3.05) is 0 Å². The second kappa shape index (κ2) is 12.6. The van der Waals surface area contributed by atoms with Gasteiger partial charge >= 0.3 is 0 Å². The first-order valence-electron chi connectivity index (χ1n) is 16.3. The highest BCUT2D eigenvalue weighted by atomic mass is 28.3. The minimum atomic E-state index is -2.82. The Hall–Kier alpha value is -6.97. The molecule has 0 N–H and O–H groups in total. The molecule has 0 amide bonds. The molecule has 0 spiro atoms. The van der Waals surface area contributed by atoms with Gasteiger partial charge in [0, 0.05) is 11.1 Å². The van der Waals surface area contributed by atoms with Crippen molar-refractivity contribution in [2.45, 2.75) is 0 Å². The molecule has 8 aromatic rings. The highest BCUT2D eigenvalue weighted by Gasteiger charge is 2.41. The third-order valence-electron chi connectivity index (χ3n) is 9.60. The maximum atomic E-state index is 9.66. The van der Waals surface area contributed by atoms with E-state index < -0.39 is 8.07 Å². The highest BCUT2D eigenvalue weighted by Crippen LogP contribution is 2.36. The minimum Gasteiger partial charge on any atom is -0.309 e. The van der Waals surface area contributed by atoms with Crippen molar-refractivity contribution < 1.29 is 0 Å². The van der Waals surface area contributed by atoms with Crippen LogP contribution in [0.3, 0.4) is 0 Å². The van der Waals surface area contributed by atoms with Crippen LogP contribution in [0.2, 0.25) is 0 Å². The molecule has 0 saturated carbocycles. The smallest absolute Gasteiger partial charge is 0.188 e. The fraction of sp³-hybridized carbons (Fsp3) is 0. The van der Waals surface area contributed by atoms with Crippen molar-refractivity contribution in [3.63, 3.8) is 0 Å². The van der Waals surface area contributed by atoms with Crippen LogP contribution in [0.25, 0.3) is 43.5 Å². The fourth-order valence-electron chi connectivity index (χ4n) is 7.36. The summed E-state index contributed by atoms with van der Waals surface area (Å²) in [4.78, 5) is 3.67. The maximum absolute atomic E-state index is 9.66. The molecule has 0 aliphatic rings. The summed E-state index contributed by atoms with van der Waals surface area (Å²) in [6.07, 6.45) is 0. The van der Waals surface area contributed by atoms with Gasteiger partial charge in [-0.25, -0.2) is 4.85 Å². The number of aromatic nitrogens is 1. The first kappa shape index (κ1) is 30.4. The average molecular weight is 653 g/mol. The molecule has 0 fully saturated rings. The molecule has 0 aliphatic carbocycles. The molecular weight excluding hydrogens is 625 g/mol. The quantitative estimate of drug-likeness (QED) is 0.104. The van der Waals surface area contributed by atoms with E-state index in [2.05, 4.69) is 143 Å². The molecule has 1 heterocycles. The molecule has 0 unspecified atom stereocenters. The largest absolute Gasteiger partial charge is 0.309 e. The molecule has 8 rings (SSSR count). The second-order valence-electron chi connectivity index (χ2n) is 12.3. The summed E-state index contributed by atoms with van der Waals surface area (Å²) >= 11 is 0. The summed E-state index contributed by atoms with van der Waals surface area (Å²) in [5.41, 5.74) is 6.93. The third kappa shape index (κ3) is 4.97. The molecule has 4 nitrogen and oxygen atoms in total. The summed E-state index contributed by atoms with van der Waals surface area (Å²) in [7, 11) is -2.82. The predicted octanol–water partition coefficient (Wildman–Crippen LogP) is 8.12. The van der Waals surface area contributed by atoms with E-state index in [1.807, 2.05) is 48.5 Å². The number of rotatable bonds is 6. The fourth-order valence-corrected chi connectivity index (χ4v) is 12.1. The number of benzene rings is 7. The zero-order valence-electron chi connectivity index (χ0n) is 27.0. The molecule has 50 heavy (non-hydrogen) atoms. The Morgan fingerprint density at radius 2 is 1.02 bits per heavy atom. The topological polar surface area (TPSA) is 56.9 Å². The van der Waals surface area contributed by atoms with Crippen molar-refractivity contribution in [3.05, 3.63) is 192 Å². The number of nitriles is 2. The van der Waals surface area contributed by atoms with Crippen LogP contribution in [0.5, 0.6) is 0 Å². The minimum absolute atomic E-state index is 0.566. The summed E-state index contributed by atoms with van der Waals surface area (Å²) in [5.74, 6) is 0. The van der Waals surface area contributed by atoms with E-state index in [9.17, 15) is 10.5 Å². The van der Waals surface area contributed by atoms with Gasteiger partial charge in [-0.15, -0.1) is 0 Å². The van der Waals surface area contributed by atoms with E-state index in [0.29, 0.717) is 16.8 Å². The van der Waals surface area contributed by atoms with Crippen LogP contribution >= 0.6 is 0 Å². The van der Waals surface area contributed by atoms with Crippen LogP contribution in [-0.4, -0.2) is 12.6 Å². The SMILES string of the molecule is [C-]#[N+]c1ccc2c(c1)c1cc(C#N)ccc1n2-c1cccc(-c2cccc([Si](c3ccccc3)(c3ccccc3)c3ccc(C#N)cc3)c2)c1. The zero-order chi connectivity index (χ0) is 34.1. The normalized spacial score (nSPS) is 11.1. The lowest BCUT2D eigenvalue weighted by Gasteiger charge is -2.34. The molecule has 0 bridgehead atoms. The summed E-state index contributed by atoms with van der Waals surface area (Å²) < 4.78 is 2.22. The van der Waals surface area contributed by atoms with E-state index in [1.54, 1.807) is 0 Å². The Morgan fingerprint density at radius 3 is 1.66 bits per heavy atom. The lowest BCUT2D eigenvalue weighted by atomic mass is 10.1. The van der Waals surface area contributed by atoms with Gasteiger partial charge in [0.05, 0.1) is 40.9 Å². The number of nitrogens with zero attached hydrogens (tertiary/aromatic N) is 4. The average Bonchev–Trinajstić information content (AvgIpc) is 3.52. The summed E-state index contributed by atoms with van der Waals surface area (Å²) in [6.45, 7) is 7.60. The van der Waals surface area contributed by atoms with Gasteiger partial charge in [0.1, 0.15) is 0 Å². The number of fused-ring (bicyclic) bond motifs is 3. The molecule has 0 saturated heterocycles. The number of hydrogen-bond acceptors (Lipinski definition) is 2. The summed E-state index contributed by atoms with van der Waals surface area (Å²) in [6, 6.07) is 63.3. The van der Waals surface area contributed by atoms with Crippen LogP contribution < -0.4 is 20.7 Å². The van der Waals surface area contributed by atoms with Crippen molar-refractivity contribution in [1.29, 1.82) is 10.5 Å². The lowest BCUT2D eigenvalue weighted by molar-refractivity contribution is 1.18. The van der Waals surface area contributed by atoms with Gasteiger partial charge in [0.25, 0.3) is 0 Å². The van der Waals surface area contributed by atoms with Crippen molar-refractivity contribution in [2.24, 2.45) is 0 Å². The highest BCUT2D eigenvalue weighted by molar-refractivity contribution is 7.19. The van der Waals surface area contributed by atoms with E-state index in [0.717, 1.165) is 38.6 Å². The van der Waals surface area contributed by atoms with Crippen molar-refractivity contribution in [1.82, 2.24) is 4.57 Å². The molecule has 0 radical (unpaired) electrons. The molecule has 232 valence electrons. The molecule has 1 aromatic heterocycles. The first-order valence-corrected chi connectivity index (χ1v) is 18.3. The van der Waals surface area contributed by atoms with Crippen LogP contribution in [0.15, 0.2) is 170 Å². The van der Waals surface area contributed by atoms with E-state index in [-0.39, 0.29) is 0 Å². The van der Waals surface area contributed by atoms with Gasteiger partial charge in [-0.2, -0.15) is 10.5 Å². The van der Waals surface area contributed by atoms with Crippen LogP contribution in [0.4, 0.5) is 5.69 Å². The van der Waals surface area contributed by atoms with Crippen LogP contribution in [0, 0.1) is 29.2 Å². The molecule has 5 heteroatoms. The van der Waals surface area contributed by atoms with Crippen molar-refractivity contribution >= 4 is 56.3 Å². The summed E-state index contributed by atoms with van der Waals surface area (Å²) in [5, 5.41) is 26.2. The first-order chi connectivity index (χ1) is 24.6.